The number of hydrogen-bond acceptors (Lipinski definition) is 3. The first-order valence-corrected chi connectivity index (χ1v) is 7.82. The van der Waals surface area contributed by atoms with Gasteiger partial charge in [-0.15, -0.1) is 0 Å². The Balaban J connectivity index is 1.93. The van der Waals surface area contributed by atoms with E-state index in [1.54, 1.807) is 6.92 Å². The quantitative estimate of drug-likeness (QED) is 0.862. The zero-order valence-electron chi connectivity index (χ0n) is 12.4. The Morgan fingerprint density at radius 1 is 1.30 bits per heavy atom. The summed E-state index contributed by atoms with van der Waals surface area (Å²) in [5, 5.41) is 12.2. The summed E-state index contributed by atoms with van der Waals surface area (Å²) in [6.07, 6.45) is 0.420. The first-order chi connectivity index (χ1) is 10.8. The molecule has 1 fully saturated rings. The Bertz CT molecular complexity index is 650. The van der Waals surface area contributed by atoms with Gasteiger partial charge >= 0.3 is 5.97 Å². The minimum Gasteiger partial charge on any atom is -0.481 e. The summed E-state index contributed by atoms with van der Waals surface area (Å²) in [5.74, 6) is -2.23. The zero-order chi connectivity index (χ0) is 17.1. The highest BCUT2D eigenvalue weighted by atomic mass is 35.5. The molecule has 23 heavy (non-hydrogen) atoms. The highest BCUT2D eigenvalue weighted by molar-refractivity contribution is 6.42. The third kappa shape index (κ3) is 3.95. The molecule has 1 heterocycles. The molecule has 0 aliphatic carbocycles. The molecule has 0 radical (unpaired) electrons. The van der Waals surface area contributed by atoms with Crippen LogP contribution in [0.1, 0.15) is 23.7 Å². The second kappa shape index (κ2) is 7.19. The van der Waals surface area contributed by atoms with E-state index in [0.29, 0.717) is 23.6 Å². The lowest BCUT2D eigenvalue weighted by molar-refractivity contribution is -0.143. The van der Waals surface area contributed by atoms with Crippen molar-refractivity contribution in [2.45, 2.75) is 19.4 Å². The molecule has 0 bridgehead atoms. The predicted octanol–water partition coefficient (Wildman–Crippen LogP) is 2.04. The van der Waals surface area contributed by atoms with Crippen LogP contribution in [-0.2, 0) is 9.59 Å². The van der Waals surface area contributed by atoms with E-state index < -0.39 is 17.8 Å². The van der Waals surface area contributed by atoms with Crippen LogP contribution in [0, 0.1) is 5.92 Å². The zero-order valence-corrected chi connectivity index (χ0v) is 13.9. The smallest absolute Gasteiger partial charge is 0.308 e. The Hall–Kier alpha value is -1.79. The molecule has 1 aliphatic rings. The molecule has 2 amide bonds. The van der Waals surface area contributed by atoms with E-state index in [-0.39, 0.29) is 23.5 Å². The van der Waals surface area contributed by atoms with E-state index in [1.165, 1.54) is 23.1 Å². The second-order valence-corrected chi connectivity index (χ2v) is 6.19. The molecule has 1 saturated heterocycles. The maximum atomic E-state index is 12.2. The van der Waals surface area contributed by atoms with E-state index in [1.807, 2.05) is 0 Å². The van der Waals surface area contributed by atoms with Gasteiger partial charge in [0.1, 0.15) is 0 Å². The monoisotopic (exact) mass is 358 g/mol. The number of carboxylic acids is 1. The lowest BCUT2D eigenvalue weighted by Gasteiger charge is -2.23. The summed E-state index contributed by atoms with van der Waals surface area (Å²) in [6.45, 7) is 1.87. The van der Waals surface area contributed by atoms with E-state index in [9.17, 15) is 14.4 Å². The molecular formula is C15H16Cl2N2O4. The van der Waals surface area contributed by atoms with Crippen molar-refractivity contribution in [1.29, 1.82) is 0 Å². The van der Waals surface area contributed by atoms with Crippen LogP contribution >= 0.6 is 23.2 Å². The van der Waals surface area contributed by atoms with E-state index in [4.69, 9.17) is 28.3 Å². The van der Waals surface area contributed by atoms with Gasteiger partial charge in [0.05, 0.1) is 22.5 Å². The van der Waals surface area contributed by atoms with Crippen LogP contribution in [-0.4, -0.2) is 46.9 Å². The van der Waals surface area contributed by atoms with Crippen LogP contribution in [0.25, 0.3) is 0 Å². The minimum absolute atomic E-state index is 0.199. The van der Waals surface area contributed by atoms with Crippen molar-refractivity contribution < 1.29 is 19.5 Å². The van der Waals surface area contributed by atoms with E-state index >= 15 is 0 Å². The van der Waals surface area contributed by atoms with Crippen molar-refractivity contribution in [2.75, 3.05) is 13.1 Å². The molecule has 2 atom stereocenters. The fraction of sp³-hybridized carbons (Fsp3) is 0.400. The summed E-state index contributed by atoms with van der Waals surface area (Å²) in [7, 11) is 0. The average molecular weight is 359 g/mol. The molecular weight excluding hydrogens is 343 g/mol. The molecule has 1 aliphatic heterocycles. The first-order valence-electron chi connectivity index (χ1n) is 7.06. The van der Waals surface area contributed by atoms with Crippen LogP contribution in [0.15, 0.2) is 18.2 Å². The number of amides is 2. The van der Waals surface area contributed by atoms with Gasteiger partial charge in [-0.1, -0.05) is 23.2 Å². The number of carbonyl (C=O) groups excluding carboxylic acids is 2. The third-order valence-corrected chi connectivity index (χ3v) is 4.71. The van der Waals surface area contributed by atoms with Crippen LogP contribution in [0.3, 0.4) is 0 Å². The molecule has 1 aromatic carbocycles. The van der Waals surface area contributed by atoms with E-state index in [2.05, 4.69) is 5.32 Å². The van der Waals surface area contributed by atoms with Crippen molar-refractivity contribution in [3.8, 4) is 0 Å². The molecule has 6 nitrogen and oxygen atoms in total. The van der Waals surface area contributed by atoms with Crippen molar-refractivity contribution >= 4 is 41.0 Å². The van der Waals surface area contributed by atoms with Crippen molar-refractivity contribution in [3.05, 3.63) is 33.8 Å². The molecule has 0 aromatic heterocycles. The SMILES string of the molecule is CC1C(C(=O)O)CCN1C(=O)CNC(=O)c1ccc(Cl)c(Cl)c1. The lowest BCUT2D eigenvalue weighted by atomic mass is 10.0. The highest BCUT2D eigenvalue weighted by Crippen LogP contribution is 2.24. The molecule has 124 valence electrons. The van der Waals surface area contributed by atoms with Crippen molar-refractivity contribution in [2.24, 2.45) is 5.92 Å². The number of hydrogen-bond donors (Lipinski definition) is 2. The van der Waals surface area contributed by atoms with Gasteiger partial charge in [-0.3, -0.25) is 14.4 Å². The number of likely N-dealkylation sites (tertiary alicyclic amines) is 1. The molecule has 2 rings (SSSR count). The second-order valence-electron chi connectivity index (χ2n) is 5.37. The maximum Gasteiger partial charge on any atom is 0.308 e. The van der Waals surface area contributed by atoms with Gasteiger partial charge in [0.25, 0.3) is 5.91 Å². The van der Waals surface area contributed by atoms with Gasteiger partial charge < -0.3 is 15.3 Å². The van der Waals surface area contributed by atoms with Gasteiger partial charge in [-0.05, 0) is 31.5 Å². The van der Waals surface area contributed by atoms with Gasteiger partial charge in [0.15, 0.2) is 0 Å². The topological polar surface area (TPSA) is 86.7 Å². The first kappa shape index (κ1) is 17.6. The fourth-order valence-corrected chi connectivity index (χ4v) is 2.92. The number of rotatable bonds is 4. The summed E-state index contributed by atoms with van der Waals surface area (Å²) >= 11 is 11.6. The number of carboxylic acid groups (broad SMARTS) is 1. The standard InChI is InChI=1S/C15H16Cl2N2O4/c1-8-10(15(22)23)4-5-19(8)13(20)7-18-14(21)9-2-3-11(16)12(17)6-9/h2-3,6,8,10H,4-5,7H2,1H3,(H,18,21)(H,22,23). The van der Waals surface area contributed by atoms with Crippen molar-refractivity contribution in [1.82, 2.24) is 10.2 Å². The number of benzene rings is 1. The number of nitrogens with one attached hydrogen (secondary N) is 1. The Labute approximate surface area is 143 Å². The molecule has 0 spiro atoms. The third-order valence-electron chi connectivity index (χ3n) is 3.97. The summed E-state index contributed by atoms with van der Waals surface area (Å²) < 4.78 is 0. The van der Waals surface area contributed by atoms with Gasteiger partial charge in [-0.2, -0.15) is 0 Å². The van der Waals surface area contributed by atoms with Crippen LogP contribution in [0.2, 0.25) is 10.0 Å². The molecule has 2 N–H and O–H groups in total. The van der Waals surface area contributed by atoms with Crippen LogP contribution in [0.5, 0.6) is 0 Å². The van der Waals surface area contributed by atoms with Gasteiger partial charge in [-0.25, -0.2) is 0 Å². The Kier molecular flexibility index (Phi) is 5.49. The maximum absolute atomic E-state index is 12.2. The summed E-state index contributed by atoms with van der Waals surface area (Å²) in [6, 6.07) is 4.04. The summed E-state index contributed by atoms with van der Waals surface area (Å²) in [5.41, 5.74) is 0.296. The Morgan fingerprint density at radius 3 is 2.57 bits per heavy atom. The molecule has 2 unspecified atom stereocenters. The Morgan fingerprint density at radius 2 is 2.00 bits per heavy atom. The van der Waals surface area contributed by atoms with E-state index in [0.717, 1.165) is 0 Å². The minimum atomic E-state index is -0.910. The molecule has 8 heteroatoms. The average Bonchev–Trinajstić information content (AvgIpc) is 2.89. The van der Waals surface area contributed by atoms with Crippen LogP contribution < -0.4 is 5.32 Å². The van der Waals surface area contributed by atoms with Gasteiger partial charge in [0.2, 0.25) is 5.91 Å². The number of carbonyl (C=O) groups is 3. The highest BCUT2D eigenvalue weighted by Gasteiger charge is 2.37. The number of aliphatic carboxylic acids is 1. The lowest BCUT2D eigenvalue weighted by Crippen LogP contribution is -2.43. The molecule has 0 saturated carbocycles. The summed E-state index contributed by atoms with van der Waals surface area (Å²) in [4.78, 5) is 36.7. The van der Waals surface area contributed by atoms with Crippen molar-refractivity contribution in [3.63, 3.8) is 0 Å². The normalized spacial score (nSPS) is 20.4. The number of nitrogens with zero attached hydrogens (tertiary/aromatic N) is 1. The largest absolute Gasteiger partial charge is 0.481 e. The predicted molar refractivity (Wildman–Crippen MR) is 85.7 cm³/mol. The fourth-order valence-electron chi connectivity index (χ4n) is 2.62. The number of halogens is 2. The van der Waals surface area contributed by atoms with Crippen LogP contribution in [0.4, 0.5) is 0 Å². The molecule has 1 aromatic rings. The van der Waals surface area contributed by atoms with Gasteiger partial charge in [0, 0.05) is 18.2 Å².